The number of hydrogen-bond donors (Lipinski definition) is 0. The zero-order valence-corrected chi connectivity index (χ0v) is 12.3. The molecule has 1 fully saturated rings. The molecule has 1 saturated heterocycles. The number of rotatable bonds is 4. The second-order valence-electron chi connectivity index (χ2n) is 5.42. The molecular formula is C15H33N. The summed E-state index contributed by atoms with van der Waals surface area (Å²) in [6.07, 6.45) is 9.93. The van der Waals surface area contributed by atoms with Crippen LogP contribution >= 0.6 is 0 Å². The van der Waals surface area contributed by atoms with Gasteiger partial charge < -0.3 is 4.90 Å². The summed E-state index contributed by atoms with van der Waals surface area (Å²) in [5.41, 5.74) is 0.653. The van der Waals surface area contributed by atoms with Gasteiger partial charge in [0.25, 0.3) is 0 Å². The third-order valence-electron chi connectivity index (χ3n) is 3.80. The van der Waals surface area contributed by atoms with Crippen molar-refractivity contribution in [1.29, 1.82) is 0 Å². The van der Waals surface area contributed by atoms with E-state index in [-0.39, 0.29) is 0 Å². The lowest BCUT2D eigenvalue weighted by atomic mass is 9.78. The van der Waals surface area contributed by atoms with Crippen molar-refractivity contribution in [3.8, 4) is 0 Å². The summed E-state index contributed by atoms with van der Waals surface area (Å²) in [6, 6.07) is 0. The van der Waals surface area contributed by atoms with Crippen LogP contribution in [0.2, 0.25) is 0 Å². The van der Waals surface area contributed by atoms with Crippen molar-refractivity contribution in [2.45, 2.75) is 72.6 Å². The molecule has 0 amide bonds. The minimum atomic E-state index is 0.653. The van der Waals surface area contributed by atoms with E-state index in [1.54, 1.807) is 0 Å². The Morgan fingerprint density at radius 1 is 1.06 bits per heavy atom. The van der Waals surface area contributed by atoms with Gasteiger partial charge in [-0.1, -0.05) is 47.0 Å². The fourth-order valence-electron chi connectivity index (χ4n) is 2.53. The van der Waals surface area contributed by atoms with Crippen molar-refractivity contribution in [1.82, 2.24) is 4.90 Å². The lowest BCUT2D eigenvalue weighted by Crippen LogP contribution is -2.21. The lowest BCUT2D eigenvalue weighted by molar-refractivity contribution is 0.240. The van der Waals surface area contributed by atoms with Gasteiger partial charge in [0.05, 0.1) is 0 Å². The molecule has 16 heavy (non-hydrogen) atoms. The van der Waals surface area contributed by atoms with Crippen LogP contribution in [0.1, 0.15) is 72.6 Å². The maximum atomic E-state index is 2.50. The first-order valence-corrected chi connectivity index (χ1v) is 7.35. The first kappa shape index (κ1) is 16.0. The van der Waals surface area contributed by atoms with Gasteiger partial charge in [0.15, 0.2) is 0 Å². The van der Waals surface area contributed by atoms with Gasteiger partial charge in [0.1, 0.15) is 0 Å². The van der Waals surface area contributed by atoms with Gasteiger partial charge in [-0.3, -0.25) is 0 Å². The summed E-state index contributed by atoms with van der Waals surface area (Å²) in [7, 11) is 2.26. The number of likely N-dealkylation sites (tertiary alicyclic amines) is 1. The van der Waals surface area contributed by atoms with Crippen molar-refractivity contribution in [2.24, 2.45) is 5.41 Å². The second-order valence-corrected chi connectivity index (χ2v) is 5.42. The summed E-state index contributed by atoms with van der Waals surface area (Å²) in [6.45, 7) is 11.4. The molecule has 0 spiro atoms. The van der Waals surface area contributed by atoms with Gasteiger partial charge in [-0.2, -0.15) is 0 Å². The normalized spacial score (nSPS) is 26.8. The van der Waals surface area contributed by atoms with Crippen molar-refractivity contribution in [3.63, 3.8) is 0 Å². The molecule has 0 aliphatic carbocycles. The highest BCUT2D eigenvalue weighted by atomic mass is 15.1. The molecule has 1 aliphatic rings. The van der Waals surface area contributed by atoms with Gasteiger partial charge in [-0.15, -0.1) is 0 Å². The topological polar surface area (TPSA) is 3.24 Å². The van der Waals surface area contributed by atoms with E-state index < -0.39 is 0 Å². The van der Waals surface area contributed by atoms with Gasteiger partial charge in [0.2, 0.25) is 0 Å². The van der Waals surface area contributed by atoms with Crippen molar-refractivity contribution >= 4 is 0 Å². The molecular weight excluding hydrogens is 194 g/mol. The van der Waals surface area contributed by atoms with Crippen LogP contribution in [0.25, 0.3) is 0 Å². The molecule has 1 unspecified atom stereocenters. The van der Waals surface area contributed by atoms with E-state index in [1.165, 1.54) is 58.0 Å². The van der Waals surface area contributed by atoms with E-state index in [9.17, 15) is 0 Å². The molecule has 1 aliphatic heterocycles. The maximum absolute atomic E-state index is 2.50. The molecule has 0 aromatic rings. The Bertz CT molecular complexity index is 156. The third kappa shape index (κ3) is 6.52. The Morgan fingerprint density at radius 3 is 2.38 bits per heavy atom. The summed E-state index contributed by atoms with van der Waals surface area (Å²) < 4.78 is 0. The number of nitrogens with zero attached hydrogens (tertiary/aromatic N) is 1. The summed E-state index contributed by atoms with van der Waals surface area (Å²) in [4.78, 5) is 2.49. The van der Waals surface area contributed by atoms with E-state index in [1.807, 2.05) is 13.8 Å². The zero-order valence-electron chi connectivity index (χ0n) is 12.3. The molecule has 1 nitrogen and oxygen atoms in total. The van der Waals surface area contributed by atoms with E-state index in [2.05, 4.69) is 25.8 Å². The Balaban J connectivity index is 0.00000106. The monoisotopic (exact) mass is 227 g/mol. The first-order valence-electron chi connectivity index (χ1n) is 7.35. The fraction of sp³-hybridized carbons (Fsp3) is 1.00. The Kier molecular flexibility index (Phi) is 9.02. The smallest absolute Gasteiger partial charge is 0.00166 e. The molecule has 1 heteroatoms. The predicted octanol–water partition coefficient (Wildman–Crippen LogP) is 4.71. The molecule has 0 aromatic carbocycles. The molecule has 0 saturated carbocycles. The highest BCUT2D eigenvalue weighted by Crippen LogP contribution is 2.35. The SMILES string of the molecule is CC.CCCCCC1(C)CCCN(C)CC1. The Morgan fingerprint density at radius 2 is 1.75 bits per heavy atom. The van der Waals surface area contributed by atoms with Crippen molar-refractivity contribution in [2.75, 3.05) is 20.1 Å². The second kappa shape index (κ2) is 9.04. The molecule has 0 aromatic heterocycles. The lowest BCUT2D eigenvalue weighted by Gasteiger charge is -2.28. The fourth-order valence-corrected chi connectivity index (χ4v) is 2.53. The first-order chi connectivity index (χ1) is 7.66. The van der Waals surface area contributed by atoms with Crippen molar-refractivity contribution in [3.05, 3.63) is 0 Å². The molecule has 1 atom stereocenters. The average molecular weight is 227 g/mol. The number of hydrogen-bond acceptors (Lipinski definition) is 1. The molecule has 0 radical (unpaired) electrons. The van der Waals surface area contributed by atoms with Gasteiger partial charge in [0, 0.05) is 0 Å². The predicted molar refractivity (Wildman–Crippen MR) is 74.9 cm³/mol. The van der Waals surface area contributed by atoms with Crippen LogP contribution in [0.3, 0.4) is 0 Å². The summed E-state index contributed by atoms with van der Waals surface area (Å²) >= 11 is 0. The van der Waals surface area contributed by atoms with Gasteiger partial charge >= 0.3 is 0 Å². The quantitative estimate of drug-likeness (QED) is 0.628. The average Bonchev–Trinajstić information content (AvgIpc) is 2.45. The maximum Gasteiger partial charge on any atom is -0.00166 e. The van der Waals surface area contributed by atoms with Crippen molar-refractivity contribution < 1.29 is 0 Å². The van der Waals surface area contributed by atoms with Gasteiger partial charge in [-0.25, -0.2) is 0 Å². The Labute approximate surface area is 104 Å². The van der Waals surface area contributed by atoms with Gasteiger partial charge in [-0.05, 0) is 51.2 Å². The Hall–Kier alpha value is -0.0400. The van der Waals surface area contributed by atoms with Crippen LogP contribution in [0, 0.1) is 5.41 Å². The summed E-state index contributed by atoms with van der Waals surface area (Å²) in [5.74, 6) is 0. The number of unbranched alkanes of at least 4 members (excludes halogenated alkanes) is 2. The molecule has 0 N–H and O–H groups in total. The zero-order chi connectivity index (χ0) is 12.4. The van der Waals surface area contributed by atoms with Crippen LogP contribution in [0.4, 0.5) is 0 Å². The third-order valence-corrected chi connectivity index (χ3v) is 3.80. The minimum Gasteiger partial charge on any atom is -0.306 e. The summed E-state index contributed by atoms with van der Waals surface area (Å²) in [5, 5.41) is 0. The van der Waals surface area contributed by atoms with E-state index in [4.69, 9.17) is 0 Å². The van der Waals surface area contributed by atoms with Crippen LogP contribution in [0.15, 0.2) is 0 Å². The molecule has 1 heterocycles. The largest absolute Gasteiger partial charge is 0.306 e. The standard InChI is InChI=1S/C13H27N.C2H6/c1-4-5-6-8-13(2)9-7-11-14(3)12-10-13;1-2/h4-12H2,1-3H3;1-2H3. The highest BCUT2D eigenvalue weighted by Gasteiger charge is 2.25. The molecule has 98 valence electrons. The van der Waals surface area contributed by atoms with E-state index in [0.717, 1.165) is 0 Å². The van der Waals surface area contributed by atoms with Crippen LogP contribution in [-0.4, -0.2) is 25.0 Å². The van der Waals surface area contributed by atoms with E-state index in [0.29, 0.717) is 5.41 Å². The highest BCUT2D eigenvalue weighted by molar-refractivity contribution is 4.79. The van der Waals surface area contributed by atoms with Crippen LogP contribution < -0.4 is 0 Å². The molecule has 0 bridgehead atoms. The van der Waals surface area contributed by atoms with E-state index >= 15 is 0 Å². The minimum absolute atomic E-state index is 0.653. The van der Waals surface area contributed by atoms with Crippen LogP contribution in [0.5, 0.6) is 0 Å². The van der Waals surface area contributed by atoms with Crippen LogP contribution in [-0.2, 0) is 0 Å². The molecule has 1 rings (SSSR count).